The van der Waals surface area contributed by atoms with Gasteiger partial charge < -0.3 is 4.74 Å². The number of carbonyl (C=O) groups is 1. The Balaban J connectivity index is 3.35. The minimum Gasteiger partial charge on any atom is -0.465 e. The highest BCUT2D eigenvalue weighted by Gasteiger charge is 2.20. The van der Waals surface area contributed by atoms with E-state index < -0.39 is 10.9 Å². The molecule has 0 atom stereocenters. The van der Waals surface area contributed by atoms with E-state index in [0.717, 1.165) is 0 Å². The highest BCUT2D eigenvalue weighted by atomic mass is 16.6. The van der Waals surface area contributed by atoms with Gasteiger partial charge in [-0.2, -0.15) is 0 Å². The van der Waals surface area contributed by atoms with Crippen molar-refractivity contribution in [3.05, 3.63) is 49.4 Å². The summed E-state index contributed by atoms with van der Waals surface area (Å²) in [5.74, 6) is 4.44. The van der Waals surface area contributed by atoms with Crippen molar-refractivity contribution in [1.82, 2.24) is 0 Å². The molecule has 1 aromatic rings. The van der Waals surface area contributed by atoms with E-state index in [1.807, 2.05) is 0 Å². The van der Waals surface area contributed by atoms with Crippen molar-refractivity contribution < 1.29 is 14.5 Å². The van der Waals surface area contributed by atoms with E-state index in [-0.39, 0.29) is 28.9 Å². The highest BCUT2D eigenvalue weighted by Crippen LogP contribution is 2.24. The smallest absolute Gasteiger partial charge is 0.338 e. The summed E-state index contributed by atoms with van der Waals surface area (Å²) >= 11 is 0. The van der Waals surface area contributed by atoms with E-state index in [9.17, 15) is 14.9 Å². The molecule has 102 valence electrons. The molecule has 0 unspecified atom stereocenters. The summed E-state index contributed by atoms with van der Waals surface area (Å²) in [6, 6.07) is 2.65. The molecule has 0 aliphatic rings. The molecule has 8 nitrogen and oxygen atoms in total. The maximum atomic E-state index is 11.6. The van der Waals surface area contributed by atoms with Crippen LogP contribution in [0.5, 0.6) is 0 Å². The lowest BCUT2D eigenvalue weighted by Crippen LogP contribution is -2.06. The normalized spacial score (nSPS) is 8.90. The summed E-state index contributed by atoms with van der Waals surface area (Å²) in [6.45, 7) is 1.40. The van der Waals surface area contributed by atoms with Crippen molar-refractivity contribution in [2.75, 3.05) is 13.7 Å². The SMILES string of the molecule is COC(=O)c1cc(C#CCN=[N+]=[N-])cc([N+](=O)[O-])c1C. The van der Waals surface area contributed by atoms with E-state index in [2.05, 4.69) is 26.6 Å². The Kier molecular flexibility index (Phi) is 5.09. The fourth-order valence-corrected chi connectivity index (χ4v) is 1.49. The molecule has 0 amide bonds. The number of nitrogens with zero attached hydrogens (tertiary/aromatic N) is 4. The first-order valence-electron chi connectivity index (χ1n) is 5.38. The number of azide groups is 1. The number of ether oxygens (including phenoxy) is 1. The number of esters is 1. The van der Waals surface area contributed by atoms with Crippen LogP contribution in [0, 0.1) is 28.9 Å². The first-order chi connectivity index (χ1) is 9.51. The lowest BCUT2D eigenvalue weighted by Gasteiger charge is -2.05. The summed E-state index contributed by atoms with van der Waals surface area (Å²) in [6.07, 6.45) is 0. The zero-order valence-corrected chi connectivity index (χ0v) is 10.8. The van der Waals surface area contributed by atoms with Gasteiger partial charge in [0.2, 0.25) is 0 Å². The maximum absolute atomic E-state index is 11.6. The lowest BCUT2D eigenvalue weighted by atomic mass is 10.0. The van der Waals surface area contributed by atoms with Gasteiger partial charge in [0.05, 0.1) is 24.1 Å². The molecule has 8 heteroatoms. The van der Waals surface area contributed by atoms with Gasteiger partial charge in [0, 0.05) is 22.1 Å². The number of hydrogen-bond donors (Lipinski definition) is 0. The Morgan fingerprint density at radius 3 is 2.85 bits per heavy atom. The highest BCUT2D eigenvalue weighted by molar-refractivity contribution is 5.92. The summed E-state index contributed by atoms with van der Waals surface area (Å²) < 4.78 is 4.57. The topological polar surface area (TPSA) is 118 Å². The number of rotatable bonds is 3. The van der Waals surface area contributed by atoms with E-state index in [0.29, 0.717) is 0 Å². The van der Waals surface area contributed by atoms with Crippen molar-refractivity contribution in [2.45, 2.75) is 6.92 Å². The predicted octanol–water partition coefficient (Wildman–Crippen LogP) is 2.35. The van der Waals surface area contributed by atoms with Crippen molar-refractivity contribution in [2.24, 2.45) is 5.11 Å². The average Bonchev–Trinajstić information content (AvgIpc) is 2.43. The van der Waals surface area contributed by atoms with Gasteiger partial charge in [-0.1, -0.05) is 17.0 Å². The Morgan fingerprint density at radius 2 is 2.30 bits per heavy atom. The van der Waals surface area contributed by atoms with Crippen molar-refractivity contribution in [3.8, 4) is 11.8 Å². The molecule has 0 saturated carbocycles. The van der Waals surface area contributed by atoms with Crippen LogP contribution in [0.3, 0.4) is 0 Å². The monoisotopic (exact) mass is 274 g/mol. The van der Waals surface area contributed by atoms with Crippen LogP contribution in [0.2, 0.25) is 0 Å². The molecule has 0 aliphatic carbocycles. The quantitative estimate of drug-likeness (QED) is 0.160. The van der Waals surface area contributed by atoms with Crippen LogP contribution in [-0.4, -0.2) is 24.5 Å². The minimum atomic E-state index is -0.677. The molecule has 1 rings (SSSR count). The number of benzene rings is 1. The van der Waals surface area contributed by atoms with Crippen molar-refractivity contribution in [3.63, 3.8) is 0 Å². The molecule has 0 spiro atoms. The molecule has 0 fully saturated rings. The molecule has 0 bridgehead atoms. The van der Waals surface area contributed by atoms with Gasteiger partial charge in [0.1, 0.15) is 0 Å². The molecule has 0 saturated heterocycles. The Hall–Kier alpha value is -3.04. The van der Waals surface area contributed by atoms with Crippen LogP contribution >= 0.6 is 0 Å². The van der Waals surface area contributed by atoms with Crippen LogP contribution in [0.15, 0.2) is 17.2 Å². The average molecular weight is 274 g/mol. The molecule has 0 aliphatic heterocycles. The van der Waals surface area contributed by atoms with Gasteiger partial charge in [-0.15, -0.1) is 0 Å². The number of nitro groups is 1. The van der Waals surface area contributed by atoms with Crippen LogP contribution in [0.1, 0.15) is 21.5 Å². The molecule has 1 aromatic carbocycles. The van der Waals surface area contributed by atoms with Gasteiger partial charge in [0.15, 0.2) is 0 Å². The fourth-order valence-electron chi connectivity index (χ4n) is 1.49. The van der Waals surface area contributed by atoms with E-state index >= 15 is 0 Å². The van der Waals surface area contributed by atoms with Gasteiger partial charge in [-0.05, 0) is 18.5 Å². The standard InChI is InChI=1S/C12H10N4O4/c1-8-10(12(17)20-2)6-9(4-3-5-14-15-13)7-11(8)16(18)19/h6-7H,5H2,1-2H3. The number of hydrogen-bond acceptors (Lipinski definition) is 5. The second-order valence-corrected chi connectivity index (χ2v) is 3.61. The maximum Gasteiger partial charge on any atom is 0.338 e. The third-order valence-corrected chi connectivity index (χ3v) is 2.43. The van der Waals surface area contributed by atoms with E-state index in [1.54, 1.807) is 0 Å². The molecule has 0 N–H and O–H groups in total. The van der Waals surface area contributed by atoms with Gasteiger partial charge in [0.25, 0.3) is 5.69 Å². The summed E-state index contributed by atoms with van der Waals surface area (Å²) in [5, 5.41) is 14.2. The molecule has 0 radical (unpaired) electrons. The summed E-state index contributed by atoms with van der Waals surface area (Å²) in [4.78, 5) is 24.5. The number of carbonyl (C=O) groups excluding carboxylic acids is 1. The van der Waals surface area contributed by atoms with Gasteiger partial charge in [-0.25, -0.2) is 4.79 Å². The predicted molar refractivity (Wildman–Crippen MR) is 70.1 cm³/mol. The lowest BCUT2D eigenvalue weighted by molar-refractivity contribution is -0.385. The van der Waals surface area contributed by atoms with Crippen LogP contribution in [0.25, 0.3) is 10.4 Å². The molecule has 0 heterocycles. The van der Waals surface area contributed by atoms with Crippen molar-refractivity contribution >= 4 is 11.7 Å². The first kappa shape index (κ1) is 15.0. The van der Waals surface area contributed by atoms with Crippen LogP contribution in [0.4, 0.5) is 5.69 Å². The molecule has 20 heavy (non-hydrogen) atoms. The zero-order valence-electron chi connectivity index (χ0n) is 10.8. The van der Waals surface area contributed by atoms with Crippen LogP contribution < -0.4 is 0 Å². The molecule has 0 aromatic heterocycles. The first-order valence-corrected chi connectivity index (χ1v) is 5.38. The Morgan fingerprint density at radius 1 is 1.60 bits per heavy atom. The Bertz CT molecular complexity index is 666. The summed E-state index contributed by atoms with van der Waals surface area (Å²) in [5.41, 5.74) is 8.45. The van der Waals surface area contributed by atoms with Gasteiger partial charge in [-0.3, -0.25) is 10.1 Å². The van der Waals surface area contributed by atoms with E-state index in [4.69, 9.17) is 5.53 Å². The van der Waals surface area contributed by atoms with Gasteiger partial charge >= 0.3 is 5.97 Å². The number of nitro benzene ring substituents is 1. The van der Waals surface area contributed by atoms with Crippen molar-refractivity contribution in [1.29, 1.82) is 0 Å². The molecular weight excluding hydrogens is 264 g/mol. The van der Waals surface area contributed by atoms with E-state index in [1.165, 1.54) is 26.2 Å². The van der Waals surface area contributed by atoms with Crippen LogP contribution in [-0.2, 0) is 4.74 Å². The minimum absolute atomic E-state index is 0.0638. The third kappa shape index (κ3) is 3.48. The second-order valence-electron chi connectivity index (χ2n) is 3.61. The third-order valence-electron chi connectivity index (χ3n) is 2.43. The Labute approximate surface area is 114 Å². The largest absolute Gasteiger partial charge is 0.465 e. The number of methoxy groups -OCH3 is 1. The fraction of sp³-hybridized carbons (Fsp3) is 0.250. The summed E-state index contributed by atoms with van der Waals surface area (Å²) in [7, 11) is 1.19. The zero-order chi connectivity index (χ0) is 15.1. The molecular formula is C12H10N4O4. The second kappa shape index (κ2) is 6.78.